The number of amides is 1. The molecule has 190 valence electrons. The van der Waals surface area contributed by atoms with Gasteiger partial charge in [0.25, 0.3) is 11.7 Å². The number of carbonyl (C=O) groups excluding carboxylic acids is 2. The molecule has 0 aromatic heterocycles. The summed E-state index contributed by atoms with van der Waals surface area (Å²) >= 11 is 0. The predicted octanol–water partition coefficient (Wildman–Crippen LogP) is 5.26. The van der Waals surface area contributed by atoms with E-state index in [4.69, 9.17) is 14.2 Å². The molecule has 0 spiro atoms. The fourth-order valence-electron chi connectivity index (χ4n) is 4.62. The van der Waals surface area contributed by atoms with Crippen molar-refractivity contribution in [3.63, 3.8) is 0 Å². The van der Waals surface area contributed by atoms with Crippen LogP contribution in [0.1, 0.15) is 42.5 Å². The van der Waals surface area contributed by atoms with E-state index in [2.05, 4.69) is 6.92 Å². The average molecular weight is 500 g/mol. The van der Waals surface area contributed by atoms with Gasteiger partial charge in [-0.2, -0.15) is 0 Å². The van der Waals surface area contributed by atoms with Crippen molar-refractivity contribution in [2.24, 2.45) is 0 Å². The summed E-state index contributed by atoms with van der Waals surface area (Å²) in [6, 6.07) is 21.0. The molecule has 1 N–H and O–H groups in total. The molecule has 1 saturated heterocycles. The van der Waals surface area contributed by atoms with Crippen LogP contribution in [0.5, 0.6) is 17.2 Å². The Hall–Kier alpha value is -4.26. The Labute approximate surface area is 215 Å². The first-order chi connectivity index (χ1) is 18.1. The number of unbranched alkanes of at least 4 members (excludes halogenated alkanes) is 1. The maximum absolute atomic E-state index is 13.4. The number of fused-ring (bicyclic) bond motifs is 1. The van der Waals surface area contributed by atoms with Crippen molar-refractivity contribution in [2.45, 2.75) is 32.4 Å². The van der Waals surface area contributed by atoms with Gasteiger partial charge in [-0.1, -0.05) is 55.8 Å². The van der Waals surface area contributed by atoms with Crippen LogP contribution >= 0.6 is 0 Å². The molecule has 2 aliphatic rings. The van der Waals surface area contributed by atoms with E-state index in [-0.39, 0.29) is 17.9 Å². The number of benzene rings is 3. The van der Waals surface area contributed by atoms with Gasteiger partial charge in [0.1, 0.15) is 24.7 Å². The van der Waals surface area contributed by atoms with Crippen LogP contribution in [0, 0.1) is 0 Å². The van der Waals surface area contributed by atoms with Gasteiger partial charge in [0, 0.05) is 12.1 Å². The largest absolute Gasteiger partial charge is 0.507 e. The van der Waals surface area contributed by atoms with Gasteiger partial charge in [-0.3, -0.25) is 9.59 Å². The number of ketones is 1. The van der Waals surface area contributed by atoms with Crippen molar-refractivity contribution in [2.75, 3.05) is 19.8 Å². The second kappa shape index (κ2) is 10.8. The molecule has 1 amide bonds. The molecule has 0 radical (unpaired) electrons. The summed E-state index contributed by atoms with van der Waals surface area (Å²) in [7, 11) is 0. The highest BCUT2D eigenvalue weighted by Gasteiger charge is 2.46. The first-order valence-corrected chi connectivity index (χ1v) is 12.5. The fourth-order valence-corrected chi connectivity index (χ4v) is 4.62. The van der Waals surface area contributed by atoms with Crippen molar-refractivity contribution in [3.8, 4) is 17.2 Å². The number of ether oxygens (including phenoxy) is 3. The molecule has 3 aromatic rings. The predicted molar refractivity (Wildman–Crippen MR) is 139 cm³/mol. The molecule has 1 fully saturated rings. The molecule has 0 aliphatic carbocycles. The molecule has 3 aromatic carbocycles. The summed E-state index contributed by atoms with van der Waals surface area (Å²) in [6.45, 7) is 3.72. The maximum Gasteiger partial charge on any atom is 0.295 e. The summed E-state index contributed by atoms with van der Waals surface area (Å²) < 4.78 is 17.1. The van der Waals surface area contributed by atoms with Gasteiger partial charge in [0.05, 0.1) is 18.2 Å². The number of likely N-dealkylation sites (tertiary alicyclic amines) is 1. The second-order valence-electron chi connectivity index (χ2n) is 9.05. The number of nitrogens with zero attached hydrogens (tertiary/aromatic N) is 1. The van der Waals surface area contributed by atoms with Crippen LogP contribution in [-0.2, 0) is 16.1 Å². The lowest BCUT2D eigenvalue weighted by Gasteiger charge is -2.26. The van der Waals surface area contributed by atoms with Gasteiger partial charge in [-0.05, 0) is 47.9 Å². The highest BCUT2D eigenvalue weighted by atomic mass is 16.6. The van der Waals surface area contributed by atoms with Crippen molar-refractivity contribution < 1.29 is 28.9 Å². The number of aliphatic hydroxyl groups excluding tert-OH is 1. The number of aliphatic hydroxyl groups is 1. The standard InChI is InChI=1S/C30H29NO6/c1-2-3-14-35-23-11-7-10-21(17-23)27-26(28(32)22-12-13-24-25(18-22)37-16-15-36-24)29(33)30(34)31(27)19-20-8-5-4-6-9-20/h4-13,17-18,27,32H,2-3,14-16,19H2,1H3/t27-/m1/s1. The minimum atomic E-state index is -0.789. The first kappa shape index (κ1) is 24.4. The maximum atomic E-state index is 13.4. The number of carbonyl (C=O) groups is 2. The molecule has 0 saturated carbocycles. The van der Waals surface area contributed by atoms with Gasteiger partial charge in [-0.25, -0.2) is 0 Å². The Morgan fingerprint density at radius 2 is 1.76 bits per heavy atom. The molecular formula is C30H29NO6. The normalized spacial score (nSPS) is 18.2. The van der Waals surface area contributed by atoms with E-state index in [0.717, 1.165) is 18.4 Å². The van der Waals surface area contributed by atoms with Crippen LogP contribution in [-0.4, -0.2) is 41.5 Å². The smallest absolute Gasteiger partial charge is 0.295 e. The zero-order chi connectivity index (χ0) is 25.8. The van der Waals surface area contributed by atoms with Crippen LogP contribution < -0.4 is 14.2 Å². The summed E-state index contributed by atoms with van der Waals surface area (Å²) in [5.74, 6) is 0.0529. The first-order valence-electron chi connectivity index (χ1n) is 12.5. The van der Waals surface area contributed by atoms with Crippen molar-refractivity contribution in [1.82, 2.24) is 4.90 Å². The third-order valence-electron chi connectivity index (χ3n) is 6.49. The van der Waals surface area contributed by atoms with E-state index in [0.29, 0.717) is 48.2 Å². The van der Waals surface area contributed by atoms with E-state index >= 15 is 0 Å². The summed E-state index contributed by atoms with van der Waals surface area (Å²) in [5.41, 5.74) is 1.97. The molecule has 7 nitrogen and oxygen atoms in total. The Balaban J connectivity index is 1.59. The monoisotopic (exact) mass is 499 g/mol. The van der Waals surface area contributed by atoms with Crippen LogP contribution in [0.15, 0.2) is 78.4 Å². The molecular weight excluding hydrogens is 470 g/mol. The van der Waals surface area contributed by atoms with E-state index in [9.17, 15) is 14.7 Å². The SMILES string of the molecule is CCCCOc1cccc([C@@H]2C(=C(O)c3ccc4c(c3)OCCO4)C(=O)C(=O)N2Cc2ccccc2)c1. The minimum absolute atomic E-state index is 0.0308. The highest BCUT2D eigenvalue weighted by Crippen LogP contribution is 2.42. The molecule has 1 atom stereocenters. The number of hydrogen-bond acceptors (Lipinski definition) is 6. The second-order valence-corrected chi connectivity index (χ2v) is 9.05. The lowest BCUT2D eigenvalue weighted by atomic mass is 9.94. The van der Waals surface area contributed by atoms with Crippen LogP contribution in [0.2, 0.25) is 0 Å². The van der Waals surface area contributed by atoms with Crippen molar-refractivity contribution >= 4 is 17.4 Å². The highest BCUT2D eigenvalue weighted by molar-refractivity contribution is 6.46. The molecule has 0 bridgehead atoms. The van der Waals surface area contributed by atoms with Gasteiger partial charge >= 0.3 is 0 Å². The number of hydrogen-bond donors (Lipinski definition) is 1. The van der Waals surface area contributed by atoms with Crippen molar-refractivity contribution in [3.05, 3.63) is 95.1 Å². The quantitative estimate of drug-likeness (QED) is 0.197. The molecule has 7 heteroatoms. The Kier molecular flexibility index (Phi) is 7.12. The zero-order valence-corrected chi connectivity index (χ0v) is 20.7. The molecule has 0 unspecified atom stereocenters. The molecule has 2 heterocycles. The lowest BCUT2D eigenvalue weighted by molar-refractivity contribution is -0.140. The van der Waals surface area contributed by atoms with Crippen LogP contribution in [0.3, 0.4) is 0 Å². The van der Waals surface area contributed by atoms with E-state index in [1.165, 1.54) is 4.90 Å². The third-order valence-corrected chi connectivity index (χ3v) is 6.49. The van der Waals surface area contributed by atoms with Crippen molar-refractivity contribution in [1.29, 1.82) is 0 Å². The topological polar surface area (TPSA) is 85.3 Å². The Morgan fingerprint density at radius 1 is 0.973 bits per heavy atom. The van der Waals surface area contributed by atoms with Gasteiger partial charge < -0.3 is 24.2 Å². The van der Waals surface area contributed by atoms with E-state index in [1.807, 2.05) is 54.6 Å². The number of Topliss-reactive ketones (excluding diaryl/α,β-unsaturated/α-hetero) is 1. The zero-order valence-electron chi connectivity index (χ0n) is 20.7. The average Bonchev–Trinajstić information content (AvgIpc) is 3.18. The third kappa shape index (κ3) is 5.03. The molecule has 5 rings (SSSR count). The van der Waals surface area contributed by atoms with Gasteiger partial charge in [0.15, 0.2) is 11.5 Å². The van der Waals surface area contributed by atoms with E-state index in [1.54, 1.807) is 18.2 Å². The number of rotatable bonds is 8. The molecule has 37 heavy (non-hydrogen) atoms. The van der Waals surface area contributed by atoms with Gasteiger partial charge in [0.2, 0.25) is 0 Å². The summed E-state index contributed by atoms with van der Waals surface area (Å²) in [6.07, 6.45) is 1.92. The van der Waals surface area contributed by atoms with Gasteiger partial charge in [-0.15, -0.1) is 0 Å². The minimum Gasteiger partial charge on any atom is -0.507 e. The Morgan fingerprint density at radius 3 is 2.54 bits per heavy atom. The summed E-state index contributed by atoms with van der Waals surface area (Å²) in [5, 5.41) is 11.4. The fraction of sp³-hybridized carbons (Fsp3) is 0.267. The Bertz CT molecular complexity index is 1330. The van der Waals surface area contributed by atoms with E-state index < -0.39 is 17.7 Å². The van der Waals surface area contributed by atoms with Crippen LogP contribution in [0.4, 0.5) is 0 Å². The molecule has 2 aliphatic heterocycles. The summed E-state index contributed by atoms with van der Waals surface area (Å²) in [4.78, 5) is 28.2. The van der Waals surface area contributed by atoms with Crippen LogP contribution in [0.25, 0.3) is 5.76 Å². The lowest BCUT2D eigenvalue weighted by Crippen LogP contribution is -2.29.